The molecule has 0 aromatic heterocycles. The Hall–Kier alpha value is -1.46. The van der Waals surface area contributed by atoms with Gasteiger partial charge in [0.15, 0.2) is 0 Å². The normalized spacial score (nSPS) is 19.9. The maximum absolute atomic E-state index is 13.2. The minimum atomic E-state index is -0.433. The van der Waals surface area contributed by atoms with Crippen molar-refractivity contribution in [3.8, 4) is 0 Å². The molecular formula is C13H16FNO3. The number of morpholine rings is 1. The molecule has 2 rings (SSSR count). The van der Waals surface area contributed by atoms with E-state index < -0.39 is 5.82 Å². The van der Waals surface area contributed by atoms with Crippen LogP contribution in [0.3, 0.4) is 0 Å². The Labute approximate surface area is 105 Å². The molecule has 1 aromatic carbocycles. The summed E-state index contributed by atoms with van der Waals surface area (Å²) in [5.41, 5.74) is 1.07. The topological polar surface area (TPSA) is 49.8 Å². The van der Waals surface area contributed by atoms with Gasteiger partial charge in [0, 0.05) is 12.1 Å². The second kappa shape index (κ2) is 5.46. The molecular weight excluding hydrogens is 237 g/mol. The Morgan fingerprint density at radius 2 is 2.39 bits per heavy atom. The van der Waals surface area contributed by atoms with Crippen molar-refractivity contribution in [1.29, 1.82) is 0 Å². The van der Waals surface area contributed by atoms with E-state index in [-0.39, 0.29) is 18.6 Å². The molecule has 0 aliphatic carbocycles. The lowest BCUT2D eigenvalue weighted by Gasteiger charge is -2.34. The molecule has 1 saturated heterocycles. The zero-order valence-corrected chi connectivity index (χ0v) is 10.2. The summed E-state index contributed by atoms with van der Waals surface area (Å²) >= 11 is 0. The first-order valence-corrected chi connectivity index (χ1v) is 5.89. The van der Waals surface area contributed by atoms with Crippen molar-refractivity contribution >= 4 is 5.91 Å². The van der Waals surface area contributed by atoms with Gasteiger partial charge in [-0.05, 0) is 24.6 Å². The smallest absolute Gasteiger partial charge is 0.254 e. The van der Waals surface area contributed by atoms with Crippen LogP contribution in [0.4, 0.5) is 4.39 Å². The lowest BCUT2D eigenvalue weighted by molar-refractivity contribution is -0.0184. The molecule has 0 saturated carbocycles. The Kier molecular flexibility index (Phi) is 3.93. The molecule has 1 N–H and O–H groups in total. The summed E-state index contributed by atoms with van der Waals surface area (Å²) in [7, 11) is 0. The van der Waals surface area contributed by atoms with Gasteiger partial charge < -0.3 is 14.7 Å². The summed E-state index contributed by atoms with van der Waals surface area (Å²) in [5.74, 6) is -0.688. The van der Waals surface area contributed by atoms with Crippen LogP contribution in [0.15, 0.2) is 18.2 Å². The minimum Gasteiger partial charge on any atom is -0.394 e. The minimum absolute atomic E-state index is 0.153. The number of carbonyl (C=O) groups excluding carboxylic acids is 1. The molecule has 1 atom stereocenters. The van der Waals surface area contributed by atoms with E-state index in [2.05, 4.69) is 0 Å². The van der Waals surface area contributed by atoms with Crippen LogP contribution in [-0.2, 0) is 4.74 Å². The monoisotopic (exact) mass is 253 g/mol. The molecule has 1 aromatic rings. The van der Waals surface area contributed by atoms with Crippen LogP contribution in [0.5, 0.6) is 0 Å². The van der Waals surface area contributed by atoms with Crippen LogP contribution >= 0.6 is 0 Å². The summed E-state index contributed by atoms with van der Waals surface area (Å²) in [5, 5.41) is 9.23. The summed E-state index contributed by atoms with van der Waals surface area (Å²) < 4.78 is 18.4. The first-order chi connectivity index (χ1) is 8.63. The lowest BCUT2D eigenvalue weighted by Crippen LogP contribution is -2.50. The van der Waals surface area contributed by atoms with E-state index in [4.69, 9.17) is 4.74 Å². The number of aryl methyl sites for hydroxylation is 1. The van der Waals surface area contributed by atoms with Crippen molar-refractivity contribution in [1.82, 2.24) is 4.90 Å². The summed E-state index contributed by atoms with van der Waals surface area (Å²) in [6.45, 7) is 2.79. The number of carbonyl (C=O) groups is 1. The van der Waals surface area contributed by atoms with E-state index in [1.807, 2.05) is 0 Å². The first-order valence-electron chi connectivity index (χ1n) is 5.89. The third kappa shape index (κ3) is 2.52. The van der Waals surface area contributed by atoms with E-state index in [0.717, 1.165) is 5.56 Å². The number of halogens is 1. The second-order valence-electron chi connectivity index (χ2n) is 4.37. The number of aliphatic hydroxyl groups excluding tert-OH is 1. The Morgan fingerprint density at radius 1 is 1.61 bits per heavy atom. The van der Waals surface area contributed by atoms with E-state index >= 15 is 0 Å². The first kappa shape index (κ1) is 13.0. The van der Waals surface area contributed by atoms with Crippen molar-refractivity contribution < 1.29 is 19.0 Å². The standard InChI is InChI=1S/C13H16FNO3/c1-9-2-3-10(14)6-12(9)13(17)15-4-5-18-8-11(15)7-16/h2-3,6,11,16H,4-5,7-8H2,1H3. The van der Waals surface area contributed by atoms with Gasteiger partial charge in [-0.1, -0.05) is 6.07 Å². The Bertz CT molecular complexity index is 450. The Balaban J connectivity index is 2.26. The van der Waals surface area contributed by atoms with Crippen LogP contribution in [0, 0.1) is 12.7 Å². The lowest BCUT2D eigenvalue weighted by atomic mass is 10.1. The molecule has 0 bridgehead atoms. The van der Waals surface area contributed by atoms with Gasteiger partial charge >= 0.3 is 0 Å². The largest absolute Gasteiger partial charge is 0.394 e. The van der Waals surface area contributed by atoms with Crippen molar-refractivity contribution in [3.05, 3.63) is 35.1 Å². The number of nitrogens with zero attached hydrogens (tertiary/aromatic N) is 1. The number of rotatable bonds is 2. The molecule has 1 aliphatic rings. The van der Waals surface area contributed by atoms with Crippen molar-refractivity contribution in [2.24, 2.45) is 0 Å². The molecule has 4 nitrogen and oxygen atoms in total. The van der Waals surface area contributed by atoms with Gasteiger partial charge in [-0.3, -0.25) is 4.79 Å². The maximum Gasteiger partial charge on any atom is 0.254 e. The SMILES string of the molecule is Cc1ccc(F)cc1C(=O)N1CCOCC1CO. The highest BCUT2D eigenvalue weighted by Gasteiger charge is 2.28. The Morgan fingerprint density at radius 3 is 3.11 bits per heavy atom. The molecule has 1 amide bonds. The predicted molar refractivity (Wildman–Crippen MR) is 63.9 cm³/mol. The molecule has 1 unspecified atom stereocenters. The highest BCUT2D eigenvalue weighted by molar-refractivity contribution is 5.96. The highest BCUT2D eigenvalue weighted by atomic mass is 19.1. The average Bonchev–Trinajstić information content (AvgIpc) is 2.40. The van der Waals surface area contributed by atoms with E-state index in [1.54, 1.807) is 17.9 Å². The molecule has 1 aliphatic heterocycles. The molecule has 0 spiro atoms. The van der Waals surface area contributed by atoms with Gasteiger partial charge in [0.2, 0.25) is 0 Å². The average molecular weight is 253 g/mol. The zero-order chi connectivity index (χ0) is 13.1. The number of amides is 1. The summed E-state index contributed by atoms with van der Waals surface area (Å²) in [6.07, 6.45) is 0. The summed E-state index contributed by atoms with van der Waals surface area (Å²) in [4.78, 5) is 13.9. The van der Waals surface area contributed by atoms with Crippen molar-refractivity contribution in [2.45, 2.75) is 13.0 Å². The fourth-order valence-corrected chi connectivity index (χ4v) is 2.05. The number of hydrogen-bond donors (Lipinski definition) is 1. The highest BCUT2D eigenvalue weighted by Crippen LogP contribution is 2.16. The van der Waals surface area contributed by atoms with Crippen LogP contribution < -0.4 is 0 Å². The number of aliphatic hydroxyl groups is 1. The molecule has 5 heteroatoms. The second-order valence-corrected chi connectivity index (χ2v) is 4.37. The van der Waals surface area contributed by atoms with E-state index in [9.17, 15) is 14.3 Å². The van der Waals surface area contributed by atoms with Gasteiger partial charge in [-0.25, -0.2) is 4.39 Å². The van der Waals surface area contributed by atoms with Crippen LogP contribution in [0.2, 0.25) is 0 Å². The molecule has 98 valence electrons. The fourth-order valence-electron chi connectivity index (χ4n) is 2.05. The third-order valence-corrected chi connectivity index (χ3v) is 3.13. The molecule has 1 heterocycles. The molecule has 0 radical (unpaired) electrons. The molecule has 18 heavy (non-hydrogen) atoms. The van der Waals surface area contributed by atoms with Gasteiger partial charge in [0.05, 0.1) is 25.9 Å². The zero-order valence-electron chi connectivity index (χ0n) is 10.2. The van der Waals surface area contributed by atoms with E-state index in [1.165, 1.54) is 12.1 Å². The van der Waals surface area contributed by atoms with Crippen molar-refractivity contribution in [3.63, 3.8) is 0 Å². The van der Waals surface area contributed by atoms with Gasteiger partial charge in [-0.2, -0.15) is 0 Å². The maximum atomic E-state index is 13.2. The van der Waals surface area contributed by atoms with Gasteiger partial charge in [-0.15, -0.1) is 0 Å². The van der Waals surface area contributed by atoms with Crippen LogP contribution in [-0.4, -0.2) is 48.3 Å². The fraction of sp³-hybridized carbons (Fsp3) is 0.462. The number of hydrogen-bond acceptors (Lipinski definition) is 3. The van der Waals surface area contributed by atoms with Crippen LogP contribution in [0.25, 0.3) is 0 Å². The van der Waals surface area contributed by atoms with Crippen LogP contribution in [0.1, 0.15) is 15.9 Å². The van der Waals surface area contributed by atoms with E-state index in [0.29, 0.717) is 25.3 Å². The van der Waals surface area contributed by atoms with Crippen molar-refractivity contribution in [2.75, 3.05) is 26.4 Å². The van der Waals surface area contributed by atoms with Gasteiger partial charge in [0.25, 0.3) is 5.91 Å². The summed E-state index contributed by atoms with van der Waals surface area (Å²) in [6, 6.07) is 3.79. The predicted octanol–water partition coefficient (Wildman–Crippen LogP) is 0.967. The van der Waals surface area contributed by atoms with Gasteiger partial charge in [0.1, 0.15) is 5.82 Å². The quantitative estimate of drug-likeness (QED) is 0.854. The molecule has 1 fully saturated rings. The number of benzene rings is 1. The third-order valence-electron chi connectivity index (χ3n) is 3.13. The number of ether oxygens (including phenoxy) is 1.